The summed E-state index contributed by atoms with van der Waals surface area (Å²) in [4.78, 5) is 23.0. The highest BCUT2D eigenvalue weighted by Crippen LogP contribution is 2.26. The van der Waals surface area contributed by atoms with E-state index in [1.54, 1.807) is 13.1 Å². The molecule has 0 unspecified atom stereocenters. The van der Waals surface area contributed by atoms with Gasteiger partial charge in [0.15, 0.2) is 5.82 Å². The maximum atomic E-state index is 14.0. The Bertz CT molecular complexity index is 800. The minimum atomic E-state index is -0.766. The molecular weight excluding hydrogens is 330 g/mol. The predicted octanol–water partition coefficient (Wildman–Crippen LogP) is 2.32. The standard InChI is InChI=1S/C17H18F2N4O2/c1-10-7-15(20-2)22-16(21-10)14-9-25-6-5-23(14)17(24)12-8-11(18)3-4-13(12)19/h3-4,7-8,14H,5-6,9H2,1-2H3,(H,20,21,22)/t14-/m1/s1. The molecule has 2 aromatic rings. The molecule has 2 heterocycles. The Balaban J connectivity index is 1.97. The molecule has 1 N–H and O–H groups in total. The number of morpholine rings is 1. The second-order valence-corrected chi connectivity index (χ2v) is 5.72. The van der Waals surface area contributed by atoms with Crippen LogP contribution in [0.3, 0.4) is 0 Å². The molecular formula is C17H18F2N4O2. The Morgan fingerprint density at radius 2 is 2.12 bits per heavy atom. The molecule has 0 spiro atoms. The van der Waals surface area contributed by atoms with Crippen molar-refractivity contribution in [2.75, 3.05) is 32.1 Å². The van der Waals surface area contributed by atoms with Gasteiger partial charge < -0.3 is 15.0 Å². The van der Waals surface area contributed by atoms with Crippen molar-refractivity contribution in [1.82, 2.24) is 14.9 Å². The minimum Gasteiger partial charge on any atom is -0.377 e. The Labute approximate surface area is 143 Å². The largest absolute Gasteiger partial charge is 0.377 e. The van der Waals surface area contributed by atoms with E-state index in [1.807, 2.05) is 6.92 Å². The third-order valence-electron chi connectivity index (χ3n) is 3.97. The lowest BCUT2D eigenvalue weighted by Crippen LogP contribution is -2.44. The second kappa shape index (κ2) is 7.10. The highest BCUT2D eigenvalue weighted by molar-refractivity contribution is 5.94. The van der Waals surface area contributed by atoms with Gasteiger partial charge in [-0.15, -0.1) is 0 Å². The number of carbonyl (C=O) groups excluding carboxylic acids is 1. The first-order chi connectivity index (χ1) is 12.0. The van der Waals surface area contributed by atoms with Crippen LogP contribution in [0.15, 0.2) is 24.3 Å². The summed E-state index contributed by atoms with van der Waals surface area (Å²) in [6.45, 7) is 2.55. The highest BCUT2D eigenvalue weighted by Gasteiger charge is 2.33. The lowest BCUT2D eigenvalue weighted by atomic mass is 10.1. The number of halogens is 2. The van der Waals surface area contributed by atoms with Crippen LogP contribution in [0.4, 0.5) is 14.6 Å². The van der Waals surface area contributed by atoms with Crippen molar-refractivity contribution in [1.29, 1.82) is 0 Å². The number of aryl methyl sites for hydroxylation is 1. The molecule has 132 valence electrons. The fourth-order valence-electron chi connectivity index (χ4n) is 2.75. The van der Waals surface area contributed by atoms with E-state index in [1.165, 1.54) is 4.90 Å². The predicted molar refractivity (Wildman–Crippen MR) is 87.3 cm³/mol. The maximum absolute atomic E-state index is 14.0. The van der Waals surface area contributed by atoms with Crippen LogP contribution in [-0.4, -0.2) is 47.6 Å². The number of nitrogens with one attached hydrogen (secondary N) is 1. The molecule has 1 aliphatic heterocycles. The number of benzene rings is 1. The first kappa shape index (κ1) is 17.2. The first-order valence-electron chi connectivity index (χ1n) is 7.86. The third kappa shape index (κ3) is 3.58. The zero-order valence-electron chi connectivity index (χ0n) is 13.9. The number of amides is 1. The van der Waals surface area contributed by atoms with Gasteiger partial charge in [-0.1, -0.05) is 0 Å². The summed E-state index contributed by atoms with van der Waals surface area (Å²) in [7, 11) is 1.73. The van der Waals surface area contributed by atoms with E-state index in [0.29, 0.717) is 18.2 Å². The van der Waals surface area contributed by atoms with Crippen LogP contribution < -0.4 is 5.32 Å². The Hall–Kier alpha value is -2.61. The zero-order chi connectivity index (χ0) is 18.0. The lowest BCUT2D eigenvalue weighted by molar-refractivity contribution is -0.00548. The van der Waals surface area contributed by atoms with Gasteiger partial charge in [0.1, 0.15) is 23.5 Å². The molecule has 0 saturated carbocycles. The van der Waals surface area contributed by atoms with Crippen molar-refractivity contribution in [2.45, 2.75) is 13.0 Å². The lowest BCUT2D eigenvalue weighted by Gasteiger charge is -2.35. The summed E-state index contributed by atoms with van der Waals surface area (Å²) >= 11 is 0. The maximum Gasteiger partial charge on any atom is 0.257 e. The number of carbonyl (C=O) groups is 1. The fourth-order valence-corrected chi connectivity index (χ4v) is 2.75. The summed E-state index contributed by atoms with van der Waals surface area (Å²) in [5.41, 5.74) is 0.414. The number of aromatic nitrogens is 2. The highest BCUT2D eigenvalue weighted by atomic mass is 19.1. The van der Waals surface area contributed by atoms with Crippen molar-refractivity contribution in [2.24, 2.45) is 0 Å². The van der Waals surface area contributed by atoms with E-state index in [0.717, 1.165) is 23.9 Å². The summed E-state index contributed by atoms with van der Waals surface area (Å²) in [5.74, 6) is -1.04. The van der Waals surface area contributed by atoms with E-state index in [2.05, 4.69) is 15.3 Å². The van der Waals surface area contributed by atoms with Gasteiger partial charge in [-0.3, -0.25) is 4.79 Å². The Morgan fingerprint density at radius 1 is 1.32 bits per heavy atom. The number of nitrogens with zero attached hydrogens (tertiary/aromatic N) is 3. The van der Waals surface area contributed by atoms with E-state index >= 15 is 0 Å². The van der Waals surface area contributed by atoms with Crippen molar-refractivity contribution in [3.05, 3.63) is 53.0 Å². The average molecular weight is 348 g/mol. The quantitative estimate of drug-likeness (QED) is 0.922. The molecule has 1 atom stereocenters. The number of hydrogen-bond acceptors (Lipinski definition) is 5. The molecule has 1 aromatic carbocycles. The molecule has 6 nitrogen and oxygen atoms in total. The summed E-state index contributed by atoms with van der Waals surface area (Å²) in [6.07, 6.45) is 0. The van der Waals surface area contributed by atoms with E-state index in [4.69, 9.17) is 4.74 Å². The van der Waals surface area contributed by atoms with Crippen LogP contribution >= 0.6 is 0 Å². The van der Waals surface area contributed by atoms with Gasteiger partial charge in [0.2, 0.25) is 0 Å². The number of hydrogen-bond donors (Lipinski definition) is 1. The molecule has 1 aliphatic rings. The van der Waals surface area contributed by atoms with Crippen molar-refractivity contribution >= 4 is 11.7 Å². The molecule has 0 bridgehead atoms. The van der Waals surface area contributed by atoms with Gasteiger partial charge in [0, 0.05) is 25.4 Å². The molecule has 0 aliphatic carbocycles. The molecule has 25 heavy (non-hydrogen) atoms. The average Bonchev–Trinajstić information content (AvgIpc) is 2.62. The fraction of sp³-hybridized carbons (Fsp3) is 0.353. The molecule has 1 aromatic heterocycles. The third-order valence-corrected chi connectivity index (χ3v) is 3.97. The Kier molecular flexibility index (Phi) is 4.89. The summed E-state index contributed by atoms with van der Waals surface area (Å²) < 4.78 is 32.9. The van der Waals surface area contributed by atoms with E-state index in [9.17, 15) is 13.6 Å². The zero-order valence-corrected chi connectivity index (χ0v) is 13.9. The van der Waals surface area contributed by atoms with Crippen LogP contribution in [0.5, 0.6) is 0 Å². The molecule has 3 rings (SSSR count). The van der Waals surface area contributed by atoms with Crippen molar-refractivity contribution < 1.29 is 18.3 Å². The molecule has 8 heteroatoms. The van der Waals surface area contributed by atoms with Crippen molar-refractivity contribution in [3.63, 3.8) is 0 Å². The van der Waals surface area contributed by atoms with Gasteiger partial charge in [-0.25, -0.2) is 18.7 Å². The van der Waals surface area contributed by atoms with Crippen LogP contribution in [-0.2, 0) is 4.74 Å². The van der Waals surface area contributed by atoms with Crippen LogP contribution in [0.25, 0.3) is 0 Å². The van der Waals surface area contributed by atoms with Gasteiger partial charge in [0.25, 0.3) is 5.91 Å². The first-order valence-corrected chi connectivity index (χ1v) is 7.86. The second-order valence-electron chi connectivity index (χ2n) is 5.72. The summed E-state index contributed by atoms with van der Waals surface area (Å²) in [6, 6.07) is 4.02. The van der Waals surface area contributed by atoms with Crippen LogP contribution in [0.1, 0.15) is 27.9 Å². The number of ether oxygens (including phenoxy) is 1. The van der Waals surface area contributed by atoms with Crippen LogP contribution in [0.2, 0.25) is 0 Å². The Morgan fingerprint density at radius 3 is 2.88 bits per heavy atom. The molecule has 0 radical (unpaired) electrons. The van der Waals surface area contributed by atoms with Crippen molar-refractivity contribution in [3.8, 4) is 0 Å². The SMILES string of the molecule is CNc1cc(C)nc([C@H]2COCCN2C(=O)c2cc(F)ccc2F)n1. The molecule has 1 fully saturated rings. The van der Waals surface area contributed by atoms with E-state index < -0.39 is 23.6 Å². The molecule has 1 saturated heterocycles. The van der Waals surface area contributed by atoms with Gasteiger partial charge >= 0.3 is 0 Å². The molecule has 1 amide bonds. The smallest absolute Gasteiger partial charge is 0.257 e. The number of rotatable bonds is 3. The van der Waals surface area contributed by atoms with Gasteiger partial charge in [0.05, 0.1) is 18.8 Å². The van der Waals surface area contributed by atoms with Gasteiger partial charge in [-0.05, 0) is 25.1 Å². The van der Waals surface area contributed by atoms with E-state index in [-0.39, 0.29) is 18.7 Å². The number of anilines is 1. The van der Waals surface area contributed by atoms with Crippen LogP contribution in [0, 0.1) is 18.6 Å². The van der Waals surface area contributed by atoms with Gasteiger partial charge in [-0.2, -0.15) is 0 Å². The topological polar surface area (TPSA) is 67.4 Å². The normalized spacial score (nSPS) is 17.4. The monoisotopic (exact) mass is 348 g/mol. The minimum absolute atomic E-state index is 0.190. The summed E-state index contributed by atoms with van der Waals surface area (Å²) in [5, 5.41) is 2.93.